The van der Waals surface area contributed by atoms with Crippen LogP contribution in [-0.2, 0) is 9.59 Å². The molecule has 3 N–H and O–H groups in total. The Labute approximate surface area is 176 Å². The van der Waals surface area contributed by atoms with Crippen LogP contribution in [0.1, 0.15) is 32.6 Å². The van der Waals surface area contributed by atoms with Crippen LogP contribution in [0.2, 0.25) is 0 Å². The SMILES string of the molecule is CN=C(NCC(=O)N1CCCC1)N1CCC(C2(C)NC(=O)NC2=O)CC1.I. The number of amides is 4. The summed E-state index contributed by atoms with van der Waals surface area (Å²) >= 11 is 0. The molecule has 1 atom stereocenters. The molecule has 3 saturated heterocycles. The van der Waals surface area contributed by atoms with E-state index in [1.807, 2.05) is 4.90 Å². The van der Waals surface area contributed by atoms with Crippen molar-refractivity contribution >= 4 is 47.8 Å². The molecule has 3 rings (SSSR count). The van der Waals surface area contributed by atoms with Gasteiger partial charge in [0.05, 0.1) is 6.54 Å². The zero-order valence-corrected chi connectivity index (χ0v) is 18.2. The Balaban J connectivity index is 0.00000261. The summed E-state index contributed by atoms with van der Waals surface area (Å²) in [5.41, 5.74) is -0.841. The highest BCUT2D eigenvalue weighted by atomic mass is 127. The van der Waals surface area contributed by atoms with E-state index in [0.29, 0.717) is 5.96 Å². The van der Waals surface area contributed by atoms with E-state index in [0.717, 1.165) is 51.9 Å². The molecule has 152 valence electrons. The molecule has 3 aliphatic rings. The molecule has 27 heavy (non-hydrogen) atoms. The number of carbonyl (C=O) groups excluding carboxylic acids is 3. The summed E-state index contributed by atoms with van der Waals surface area (Å²) in [4.78, 5) is 44.0. The third kappa shape index (κ3) is 4.64. The van der Waals surface area contributed by atoms with Crippen molar-refractivity contribution in [1.82, 2.24) is 25.8 Å². The summed E-state index contributed by atoms with van der Waals surface area (Å²) < 4.78 is 0. The highest BCUT2D eigenvalue weighted by molar-refractivity contribution is 14.0. The first kappa shape index (κ1) is 21.7. The topological polar surface area (TPSA) is 106 Å². The summed E-state index contributed by atoms with van der Waals surface area (Å²) in [7, 11) is 1.71. The fourth-order valence-electron chi connectivity index (χ4n) is 4.08. The number of imide groups is 1. The Hall–Kier alpha value is -1.59. The summed E-state index contributed by atoms with van der Waals surface area (Å²) in [6.45, 7) is 5.17. The fourth-order valence-corrected chi connectivity index (χ4v) is 4.08. The quantitative estimate of drug-likeness (QED) is 0.225. The predicted molar refractivity (Wildman–Crippen MR) is 112 cm³/mol. The van der Waals surface area contributed by atoms with E-state index in [1.165, 1.54) is 0 Å². The smallest absolute Gasteiger partial charge is 0.322 e. The standard InChI is InChI=1S/C17H28N6O3.HI/c1-17(14(25)20-16(26)21-17)12-5-9-23(10-6-12)15(18-2)19-11-13(24)22-7-3-4-8-22;/h12H,3-11H2,1-2H3,(H,18,19)(H2,20,21,25,26);1H. The number of halogens is 1. The number of aliphatic imine (C=N–C) groups is 1. The summed E-state index contributed by atoms with van der Waals surface area (Å²) in [5, 5.41) is 8.25. The van der Waals surface area contributed by atoms with Gasteiger partial charge in [-0.15, -0.1) is 24.0 Å². The van der Waals surface area contributed by atoms with Gasteiger partial charge in [-0.1, -0.05) is 0 Å². The monoisotopic (exact) mass is 492 g/mol. The number of nitrogens with zero attached hydrogens (tertiary/aromatic N) is 3. The van der Waals surface area contributed by atoms with Crippen molar-refractivity contribution in [2.75, 3.05) is 39.8 Å². The Morgan fingerprint density at radius 2 is 1.81 bits per heavy atom. The molecule has 1 unspecified atom stereocenters. The normalized spacial score (nSPS) is 26.5. The van der Waals surface area contributed by atoms with E-state index in [4.69, 9.17) is 0 Å². The first-order valence-electron chi connectivity index (χ1n) is 9.31. The first-order chi connectivity index (χ1) is 12.4. The molecule has 4 amide bonds. The lowest BCUT2D eigenvalue weighted by Crippen LogP contribution is -2.55. The molecule has 3 aliphatic heterocycles. The number of rotatable bonds is 3. The van der Waals surface area contributed by atoms with Crippen molar-refractivity contribution in [3.05, 3.63) is 0 Å². The maximum absolute atomic E-state index is 12.2. The van der Waals surface area contributed by atoms with Crippen LogP contribution in [0.3, 0.4) is 0 Å². The summed E-state index contributed by atoms with van der Waals surface area (Å²) in [6, 6.07) is -0.419. The molecule has 0 bridgehead atoms. The molecular formula is C17H29IN6O3. The van der Waals surface area contributed by atoms with Gasteiger partial charge in [0.2, 0.25) is 5.91 Å². The Morgan fingerprint density at radius 1 is 1.19 bits per heavy atom. The van der Waals surface area contributed by atoms with E-state index in [2.05, 4.69) is 25.8 Å². The lowest BCUT2D eigenvalue weighted by Gasteiger charge is -2.39. The molecule has 0 saturated carbocycles. The van der Waals surface area contributed by atoms with E-state index < -0.39 is 11.6 Å². The minimum absolute atomic E-state index is 0. The Kier molecular flexibility index (Phi) is 7.29. The van der Waals surface area contributed by atoms with Crippen LogP contribution >= 0.6 is 24.0 Å². The van der Waals surface area contributed by atoms with Crippen molar-refractivity contribution in [3.8, 4) is 0 Å². The lowest BCUT2D eigenvalue weighted by molar-refractivity contribution is -0.129. The van der Waals surface area contributed by atoms with Crippen molar-refractivity contribution in [2.45, 2.75) is 38.1 Å². The Morgan fingerprint density at radius 3 is 2.33 bits per heavy atom. The van der Waals surface area contributed by atoms with Gasteiger partial charge in [-0.25, -0.2) is 4.79 Å². The zero-order chi connectivity index (χ0) is 18.7. The molecule has 0 radical (unpaired) electrons. The van der Waals surface area contributed by atoms with E-state index >= 15 is 0 Å². The van der Waals surface area contributed by atoms with Crippen molar-refractivity contribution in [1.29, 1.82) is 0 Å². The Bertz CT molecular complexity index is 614. The van der Waals surface area contributed by atoms with Gasteiger partial charge in [0.15, 0.2) is 5.96 Å². The highest BCUT2D eigenvalue weighted by Gasteiger charge is 2.48. The van der Waals surface area contributed by atoms with Crippen LogP contribution in [0.5, 0.6) is 0 Å². The number of likely N-dealkylation sites (tertiary alicyclic amines) is 2. The fraction of sp³-hybridized carbons (Fsp3) is 0.765. The lowest BCUT2D eigenvalue weighted by atomic mass is 9.79. The molecular weight excluding hydrogens is 463 g/mol. The molecule has 0 aromatic rings. The molecule has 10 heteroatoms. The minimum atomic E-state index is -0.841. The molecule has 0 spiro atoms. The molecule has 0 aromatic carbocycles. The van der Waals surface area contributed by atoms with Gasteiger partial charge >= 0.3 is 6.03 Å². The van der Waals surface area contributed by atoms with Gasteiger partial charge in [0.25, 0.3) is 5.91 Å². The second-order valence-corrected chi connectivity index (χ2v) is 7.36. The minimum Gasteiger partial charge on any atom is -0.347 e. The molecule has 0 aliphatic carbocycles. The van der Waals surface area contributed by atoms with Gasteiger partial charge in [-0.05, 0) is 38.5 Å². The summed E-state index contributed by atoms with van der Waals surface area (Å²) in [6.07, 6.45) is 3.70. The molecule has 9 nitrogen and oxygen atoms in total. The van der Waals surface area contributed by atoms with Crippen molar-refractivity contribution < 1.29 is 14.4 Å². The van der Waals surface area contributed by atoms with E-state index in [1.54, 1.807) is 14.0 Å². The maximum atomic E-state index is 12.2. The van der Waals surface area contributed by atoms with Crippen LogP contribution in [0.4, 0.5) is 4.79 Å². The second kappa shape index (κ2) is 9.07. The number of carbonyl (C=O) groups is 3. The zero-order valence-electron chi connectivity index (χ0n) is 15.9. The number of hydrogen-bond acceptors (Lipinski definition) is 4. The average molecular weight is 492 g/mol. The van der Waals surface area contributed by atoms with Gasteiger partial charge in [0, 0.05) is 33.2 Å². The molecule has 3 fully saturated rings. The van der Waals surface area contributed by atoms with Gasteiger partial charge in [-0.3, -0.25) is 19.9 Å². The van der Waals surface area contributed by atoms with Gasteiger partial charge in [0.1, 0.15) is 5.54 Å². The third-order valence-electron chi connectivity index (χ3n) is 5.75. The number of hydrogen-bond donors (Lipinski definition) is 3. The van der Waals surface area contributed by atoms with Gasteiger partial charge < -0.3 is 20.4 Å². The second-order valence-electron chi connectivity index (χ2n) is 7.36. The third-order valence-corrected chi connectivity index (χ3v) is 5.75. The molecule has 3 heterocycles. The van der Waals surface area contributed by atoms with Crippen LogP contribution < -0.4 is 16.0 Å². The van der Waals surface area contributed by atoms with Crippen LogP contribution in [-0.4, -0.2) is 78.9 Å². The number of nitrogens with one attached hydrogen (secondary N) is 3. The number of guanidine groups is 1. The average Bonchev–Trinajstić information content (AvgIpc) is 3.25. The van der Waals surface area contributed by atoms with Crippen molar-refractivity contribution in [3.63, 3.8) is 0 Å². The van der Waals surface area contributed by atoms with Gasteiger partial charge in [-0.2, -0.15) is 0 Å². The molecule has 0 aromatic heterocycles. The maximum Gasteiger partial charge on any atom is 0.322 e. The van der Waals surface area contributed by atoms with Crippen LogP contribution in [0.15, 0.2) is 4.99 Å². The van der Waals surface area contributed by atoms with E-state index in [-0.39, 0.29) is 48.3 Å². The highest BCUT2D eigenvalue weighted by Crippen LogP contribution is 2.30. The van der Waals surface area contributed by atoms with Crippen LogP contribution in [0, 0.1) is 5.92 Å². The predicted octanol–water partition coefficient (Wildman–Crippen LogP) is 0.112. The summed E-state index contributed by atoms with van der Waals surface area (Å²) in [5.74, 6) is 0.645. The number of piperidine rings is 1. The van der Waals surface area contributed by atoms with E-state index in [9.17, 15) is 14.4 Å². The number of urea groups is 1. The largest absolute Gasteiger partial charge is 0.347 e. The first-order valence-corrected chi connectivity index (χ1v) is 9.31. The van der Waals surface area contributed by atoms with Crippen molar-refractivity contribution in [2.24, 2.45) is 10.9 Å². The van der Waals surface area contributed by atoms with Crippen LogP contribution in [0.25, 0.3) is 0 Å².